The Morgan fingerprint density at radius 3 is 2.53 bits per heavy atom. The van der Waals surface area contributed by atoms with Gasteiger partial charge >= 0.3 is 0 Å². The lowest BCUT2D eigenvalue weighted by Crippen LogP contribution is -2.50. The minimum Gasteiger partial charge on any atom is -0.355 e. The highest BCUT2D eigenvalue weighted by Crippen LogP contribution is 2.20. The van der Waals surface area contributed by atoms with E-state index in [0.717, 1.165) is 70.7 Å². The van der Waals surface area contributed by atoms with Crippen molar-refractivity contribution in [3.8, 4) is 0 Å². The molecule has 2 aliphatic heterocycles. The average Bonchev–Trinajstić information content (AvgIpc) is 3.26. The number of likely N-dealkylation sites (tertiary alicyclic amines) is 1. The monoisotopic (exact) mass is 407 g/mol. The molecule has 1 aromatic heterocycles. The summed E-state index contributed by atoms with van der Waals surface area (Å²) in [5.74, 6) is 2.59. The number of nitrogens with one attached hydrogen (secondary N) is 1. The fourth-order valence-corrected chi connectivity index (χ4v) is 4.42. The van der Waals surface area contributed by atoms with E-state index in [4.69, 9.17) is 0 Å². The van der Waals surface area contributed by atoms with Crippen molar-refractivity contribution in [2.45, 2.75) is 12.8 Å². The molecule has 0 aliphatic carbocycles. The fourth-order valence-electron chi connectivity index (χ4n) is 4.42. The number of guanidine groups is 1. The van der Waals surface area contributed by atoms with Gasteiger partial charge in [-0.15, -0.1) is 0 Å². The lowest BCUT2D eigenvalue weighted by atomic mass is 9.99. The van der Waals surface area contributed by atoms with Crippen molar-refractivity contribution < 1.29 is 0 Å². The molecule has 2 aromatic rings. The number of hydrogen-bond donors (Lipinski definition) is 1. The Bertz CT molecular complexity index is 788. The van der Waals surface area contributed by atoms with Gasteiger partial charge < -0.3 is 15.1 Å². The van der Waals surface area contributed by atoms with Crippen LogP contribution >= 0.6 is 0 Å². The van der Waals surface area contributed by atoms with Crippen molar-refractivity contribution in [2.24, 2.45) is 10.9 Å². The van der Waals surface area contributed by atoms with Crippen LogP contribution in [0.3, 0.4) is 0 Å². The summed E-state index contributed by atoms with van der Waals surface area (Å²) in [5.41, 5.74) is 1.44. The van der Waals surface area contributed by atoms with E-state index in [2.05, 4.69) is 65.3 Å². The number of hydrogen-bond acceptors (Lipinski definition) is 5. The van der Waals surface area contributed by atoms with Crippen LogP contribution in [0.5, 0.6) is 0 Å². The maximum atomic E-state index is 4.53. The molecule has 0 spiro atoms. The molecule has 3 heterocycles. The van der Waals surface area contributed by atoms with Gasteiger partial charge in [0, 0.05) is 71.8 Å². The molecule has 2 fully saturated rings. The molecular weight excluding hydrogens is 374 g/mol. The van der Waals surface area contributed by atoms with Crippen molar-refractivity contribution in [2.75, 3.05) is 64.3 Å². The van der Waals surface area contributed by atoms with Crippen LogP contribution in [0.1, 0.15) is 12.0 Å². The standard InChI is InChI=1S/C23H33N7/c1-24-22(30-12-8-21(19-30)18-20-6-3-2-4-7-20)27-11-13-28-14-16-29(17-15-28)23-25-9-5-10-26-23/h2-7,9-10,21H,8,11-19H2,1H3,(H,24,27). The van der Waals surface area contributed by atoms with Gasteiger partial charge in [-0.1, -0.05) is 30.3 Å². The van der Waals surface area contributed by atoms with Gasteiger partial charge in [0.15, 0.2) is 5.96 Å². The average molecular weight is 408 g/mol. The molecule has 0 amide bonds. The molecule has 160 valence electrons. The third-order valence-corrected chi connectivity index (χ3v) is 6.08. The highest BCUT2D eigenvalue weighted by molar-refractivity contribution is 5.80. The molecule has 1 unspecified atom stereocenters. The first-order chi connectivity index (χ1) is 14.8. The molecule has 2 aliphatic rings. The molecule has 4 rings (SSSR count). The third kappa shape index (κ3) is 5.48. The second kappa shape index (κ2) is 10.4. The Balaban J connectivity index is 1.17. The topological polar surface area (TPSA) is 59.9 Å². The number of aromatic nitrogens is 2. The molecule has 30 heavy (non-hydrogen) atoms. The Hall–Kier alpha value is -2.67. The molecule has 0 saturated carbocycles. The maximum absolute atomic E-state index is 4.53. The van der Waals surface area contributed by atoms with Crippen LogP contribution < -0.4 is 10.2 Å². The van der Waals surface area contributed by atoms with E-state index >= 15 is 0 Å². The predicted molar refractivity (Wildman–Crippen MR) is 122 cm³/mol. The summed E-state index contributed by atoms with van der Waals surface area (Å²) in [4.78, 5) is 20.4. The Kier molecular flexibility index (Phi) is 7.13. The highest BCUT2D eigenvalue weighted by Gasteiger charge is 2.25. The Labute approximate surface area is 179 Å². The largest absolute Gasteiger partial charge is 0.355 e. The van der Waals surface area contributed by atoms with Crippen LogP contribution in [-0.4, -0.2) is 85.1 Å². The predicted octanol–water partition coefficient (Wildman–Crippen LogP) is 1.74. The van der Waals surface area contributed by atoms with Crippen LogP contribution in [-0.2, 0) is 6.42 Å². The number of piperazine rings is 1. The van der Waals surface area contributed by atoms with E-state index < -0.39 is 0 Å². The molecule has 1 atom stereocenters. The molecule has 0 bridgehead atoms. The first-order valence-electron chi connectivity index (χ1n) is 11.1. The summed E-state index contributed by atoms with van der Waals surface area (Å²) in [6.45, 7) is 8.18. The van der Waals surface area contributed by atoms with Crippen molar-refractivity contribution in [3.05, 3.63) is 54.4 Å². The molecular formula is C23H33N7. The van der Waals surface area contributed by atoms with E-state index in [1.165, 1.54) is 12.0 Å². The van der Waals surface area contributed by atoms with Gasteiger partial charge in [-0.2, -0.15) is 0 Å². The molecule has 2 saturated heterocycles. The van der Waals surface area contributed by atoms with Crippen LogP contribution in [0, 0.1) is 5.92 Å². The SMILES string of the molecule is CN=C(NCCN1CCN(c2ncccn2)CC1)N1CCC(Cc2ccccc2)C1. The maximum Gasteiger partial charge on any atom is 0.225 e. The molecule has 7 heteroatoms. The van der Waals surface area contributed by atoms with Crippen LogP contribution in [0.2, 0.25) is 0 Å². The van der Waals surface area contributed by atoms with Gasteiger partial charge in [-0.25, -0.2) is 9.97 Å². The number of benzene rings is 1. The first-order valence-corrected chi connectivity index (χ1v) is 11.1. The van der Waals surface area contributed by atoms with Crippen molar-refractivity contribution in [3.63, 3.8) is 0 Å². The van der Waals surface area contributed by atoms with Gasteiger partial charge in [0.1, 0.15) is 0 Å². The van der Waals surface area contributed by atoms with Gasteiger partial charge in [0.25, 0.3) is 0 Å². The summed E-state index contributed by atoms with van der Waals surface area (Å²) in [6.07, 6.45) is 6.02. The van der Waals surface area contributed by atoms with E-state index in [0.29, 0.717) is 5.92 Å². The minimum absolute atomic E-state index is 0.708. The molecule has 1 aromatic carbocycles. The summed E-state index contributed by atoms with van der Waals surface area (Å²) in [5, 5.41) is 3.58. The second-order valence-corrected chi connectivity index (χ2v) is 8.14. The van der Waals surface area contributed by atoms with Crippen molar-refractivity contribution in [1.82, 2.24) is 25.1 Å². The number of rotatable bonds is 6. The van der Waals surface area contributed by atoms with E-state index in [1.807, 2.05) is 25.5 Å². The van der Waals surface area contributed by atoms with Gasteiger partial charge in [-0.3, -0.25) is 9.89 Å². The Morgan fingerprint density at radius 1 is 1.03 bits per heavy atom. The normalized spacial score (nSPS) is 20.6. The zero-order valence-electron chi connectivity index (χ0n) is 18.0. The van der Waals surface area contributed by atoms with E-state index in [9.17, 15) is 0 Å². The van der Waals surface area contributed by atoms with Gasteiger partial charge in [-0.05, 0) is 30.4 Å². The van der Waals surface area contributed by atoms with Crippen LogP contribution in [0.15, 0.2) is 53.8 Å². The Morgan fingerprint density at radius 2 is 1.80 bits per heavy atom. The second-order valence-electron chi connectivity index (χ2n) is 8.14. The number of aliphatic imine (C=N–C) groups is 1. The lowest BCUT2D eigenvalue weighted by Gasteiger charge is -2.34. The molecule has 0 radical (unpaired) electrons. The van der Waals surface area contributed by atoms with E-state index in [1.54, 1.807) is 0 Å². The van der Waals surface area contributed by atoms with Gasteiger partial charge in [0.2, 0.25) is 5.95 Å². The van der Waals surface area contributed by atoms with Gasteiger partial charge in [0.05, 0.1) is 0 Å². The first kappa shape index (κ1) is 20.6. The quantitative estimate of drug-likeness (QED) is 0.581. The highest BCUT2D eigenvalue weighted by atomic mass is 15.3. The molecule has 1 N–H and O–H groups in total. The van der Waals surface area contributed by atoms with Crippen LogP contribution in [0.4, 0.5) is 5.95 Å². The summed E-state index contributed by atoms with van der Waals surface area (Å²) in [7, 11) is 1.89. The van der Waals surface area contributed by atoms with Crippen molar-refractivity contribution in [1.29, 1.82) is 0 Å². The zero-order valence-corrected chi connectivity index (χ0v) is 18.0. The number of nitrogens with zero attached hydrogens (tertiary/aromatic N) is 6. The van der Waals surface area contributed by atoms with E-state index in [-0.39, 0.29) is 0 Å². The van der Waals surface area contributed by atoms with Crippen LogP contribution in [0.25, 0.3) is 0 Å². The smallest absolute Gasteiger partial charge is 0.225 e. The summed E-state index contributed by atoms with van der Waals surface area (Å²) >= 11 is 0. The lowest BCUT2D eigenvalue weighted by molar-refractivity contribution is 0.259. The zero-order chi connectivity index (χ0) is 20.6. The number of anilines is 1. The summed E-state index contributed by atoms with van der Waals surface area (Å²) < 4.78 is 0. The molecule has 7 nitrogen and oxygen atoms in total. The fraction of sp³-hybridized carbons (Fsp3) is 0.522. The van der Waals surface area contributed by atoms with Crippen molar-refractivity contribution >= 4 is 11.9 Å². The third-order valence-electron chi connectivity index (χ3n) is 6.08. The summed E-state index contributed by atoms with van der Waals surface area (Å²) in [6, 6.07) is 12.7. The minimum atomic E-state index is 0.708.